The molecule has 1 aromatic rings. The third-order valence-electron chi connectivity index (χ3n) is 2.83. The third-order valence-corrected chi connectivity index (χ3v) is 4.02. The zero-order chi connectivity index (χ0) is 15.1. The quantitative estimate of drug-likeness (QED) is 0.763. The maximum Gasteiger partial charge on any atom is 0.252 e. The first-order valence-electron chi connectivity index (χ1n) is 6.46. The van der Waals surface area contributed by atoms with Gasteiger partial charge in [-0.15, -0.1) is 0 Å². The molecule has 0 bridgehead atoms. The normalized spacial score (nSPS) is 11.8. The lowest BCUT2D eigenvalue weighted by molar-refractivity contribution is -0.121. The van der Waals surface area contributed by atoms with Crippen molar-refractivity contribution < 1.29 is 9.59 Å². The van der Waals surface area contributed by atoms with Crippen LogP contribution in [0.3, 0.4) is 0 Å². The minimum absolute atomic E-state index is 0.0482. The molecule has 1 rings (SSSR count). The van der Waals surface area contributed by atoms with E-state index < -0.39 is 0 Å². The van der Waals surface area contributed by atoms with Crippen LogP contribution in [0, 0.1) is 0 Å². The molecule has 0 fully saturated rings. The molecule has 0 aromatic heterocycles. The second-order valence-corrected chi connectivity index (χ2v) is 6.28. The minimum Gasteiger partial charge on any atom is -0.354 e. The molecule has 0 radical (unpaired) electrons. The van der Waals surface area contributed by atoms with Crippen molar-refractivity contribution in [3.63, 3.8) is 0 Å². The lowest BCUT2D eigenvalue weighted by atomic mass is 10.2. The van der Waals surface area contributed by atoms with Crippen molar-refractivity contribution in [2.75, 3.05) is 6.54 Å². The summed E-state index contributed by atoms with van der Waals surface area (Å²) in [6.07, 6.45) is 1.17. The van der Waals surface area contributed by atoms with Gasteiger partial charge < -0.3 is 10.6 Å². The van der Waals surface area contributed by atoms with Gasteiger partial charge in [-0.1, -0.05) is 22.9 Å². The van der Waals surface area contributed by atoms with Gasteiger partial charge in [0.05, 0.1) is 5.56 Å². The van der Waals surface area contributed by atoms with E-state index in [1.54, 1.807) is 12.1 Å². The number of hydrogen-bond acceptors (Lipinski definition) is 2. The number of halogens is 2. The molecule has 0 heterocycles. The molecular formula is C14H18Br2N2O2. The first-order valence-corrected chi connectivity index (χ1v) is 8.05. The Kier molecular flexibility index (Phi) is 7.23. The molecule has 0 saturated heterocycles. The van der Waals surface area contributed by atoms with Crippen LogP contribution >= 0.6 is 31.9 Å². The highest BCUT2D eigenvalue weighted by Crippen LogP contribution is 2.21. The second-order valence-electron chi connectivity index (χ2n) is 4.51. The molecule has 20 heavy (non-hydrogen) atoms. The maximum absolute atomic E-state index is 12.0. The summed E-state index contributed by atoms with van der Waals surface area (Å²) in [6, 6.07) is 5.55. The number of hydrogen-bond donors (Lipinski definition) is 2. The van der Waals surface area contributed by atoms with E-state index in [0.29, 0.717) is 12.1 Å². The highest BCUT2D eigenvalue weighted by Gasteiger charge is 2.11. The molecule has 0 saturated carbocycles. The van der Waals surface area contributed by atoms with Crippen LogP contribution in [-0.4, -0.2) is 24.4 Å². The molecular weight excluding hydrogens is 388 g/mol. The Morgan fingerprint density at radius 1 is 1.30 bits per heavy atom. The highest BCUT2D eigenvalue weighted by atomic mass is 79.9. The molecule has 0 aliphatic carbocycles. The van der Waals surface area contributed by atoms with E-state index in [-0.39, 0.29) is 24.3 Å². The van der Waals surface area contributed by atoms with Crippen molar-refractivity contribution in [2.24, 2.45) is 0 Å². The van der Waals surface area contributed by atoms with E-state index >= 15 is 0 Å². The van der Waals surface area contributed by atoms with Crippen molar-refractivity contribution in [3.8, 4) is 0 Å². The Bertz CT molecular complexity index is 492. The minimum atomic E-state index is -0.200. The van der Waals surface area contributed by atoms with E-state index in [9.17, 15) is 9.59 Å². The van der Waals surface area contributed by atoms with Gasteiger partial charge in [0, 0.05) is 28.0 Å². The maximum atomic E-state index is 12.0. The van der Waals surface area contributed by atoms with E-state index in [1.165, 1.54) is 0 Å². The van der Waals surface area contributed by atoms with Crippen LogP contribution in [0.1, 0.15) is 37.0 Å². The summed E-state index contributed by atoms with van der Waals surface area (Å²) in [7, 11) is 0. The molecule has 0 aliphatic rings. The van der Waals surface area contributed by atoms with Crippen molar-refractivity contribution in [1.29, 1.82) is 0 Å². The molecule has 4 nitrogen and oxygen atoms in total. The van der Waals surface area contributed by atoms with Crippen molar-refractivity contribution in [3.05, 3.63) is 32.7 Å². The fourth-order valence-electron chi connectivity index (χ4n) is 1.51. The smallest absolute Gasteiger partial charge is 0.252 e. The lowest BCUT2D eigenvalue weighted by Crippen LogP contribution is -2.35. The van der Waals surface area contributed by atoms with E-state index in [4.69, 9.17) is 0 Å². The monoisotopic (exact) mass is 404 g/mol. The van der Waals surface area contributed by atoms with Crippen LogP contribution in [-0.2, 0) is 4.79 Å². The van der Waals surface area contributed by atoms with Crippen molar-refractivity contribution in [1.82, 2.24) is 10.6 Å². The molecule has 2 amide bonds. The summed E-state index contributed by atoms with van der Waals surface area (Å²) in [5.74, 6) is -0.248. The summed E-state index contributed by atoms with van der Waals surface area (Å²) in [5, 5.41) is 5.60. The van der Waals surface area contributed by atoms with Crippen LogP contribution in [0.5, 0.6) is 0 Å². The van der Waals surface area contributed by atoms with Gasteiger partial charge in [-0.05, 0) is 47.5 Å². The Morgan fingerprint density at radius 2 is 2.00 bits per heavy atom. The lowest BCUT2D eigenvalue weighted by Gasteiger charge is -2.12. The Hall–Kier alpha value is -0.880. The zero-order valence-corrected chi connectivity index (χ0v) is 14.7. The highest BCUT2D eigenvalue weighted by molar-refractivity contribution is 9.11. The number of carbonyl (C=O) groups excluding carboxylic acids is 2. The van der Waals surface area contributed by atoms with Crippen LogP contribution < -0.4 is 10.6 Å². The average Bonchev–Trinajstić information content (AvgIpc) is 2.41. The molecule has 110 valence electrons. The first kappa shape index (κ1) is 17.2. The second kappa shape index (κ2) is 8.42. The van der Waals surface area contributed by atoms with E-state index in [0.717, 1.165) is 15.4 Å². The predicted octanol–water partition coefficient (Wildman–Crippen LogP) is 3.25. The summed E-state index contributed by atoms with van der Waals surface area (Å²) < 4.78 is 1.56. The predicted molar refractivity (Wildman–Crippen MR) is 86.7 cm³/mol. The summed E-state index contributed by atoms with van der Waals surface area (Å²) >= 11 is 6.66. The molecule has 2 N–H and O–H groups in total. The van der Waals surface area contributed by atoms with Crippen LogP contribution in [0.25, 0.3) is 0 Å². The van der Waals surface area contributed by atoms with E-state index in [2.05, 4.69) is 42.5 Å². The van der Waals surface area contributed by atoms with Gasteiger partial charge in [0.2, 0.25) is 5.91 Å². The van der Waals surface area contributed by atoms with Crippen LogP contribution in [0.15, 0.2) is 27.1 Å². The third kappa shape index (κ3) is 5.63. The first-order chi connectivity index (χ1) is 9.43. The number of nitrogens with one attached hydrogen (secondary N) is 2. The topological polar surface area (TPSA) is 58.2 Å². The van der Waals surface area contributed by atoms with E-state index in [1.807, 2.05) is 19.9 Å². The van der Waals surface area contributed by atoms with Gasteiger partial charge in [-0.25, -0.2) is 0 Å². The van der Waals surface area contributed by atoms with Crippen molar-refractivity contribution in [2.45, 2.75) is 32.7 Å². The fraction of sp³-hybridized carbons (Fsp3) is 0.429. The molecule has 1 aromatic carbocycles. The van der Waals surface area contributed by atoms with Gasteiger partial charge in [-0.3, -0.25) is 9.59 Å². The molecule has 0 aliphatic heterocycles. The van der Waals surface area contributed by atoms with Crippen molar-refractivity contribution >= 4 is 43.7 Å². The number of benzene rings is 1. The summed E-state index contributed by atoms with van der Waals surface area (Å²) in [5.41, 5.74) is 0.543. The number of amides is 2. The standard InChI is InChI=1S/C14H18Br2N2O2/c1-3-9(2)18-13(19)6-7-17-14(20)11-8-10(15)4-5-12(11)16/h4-5,8-9H,3,6-7H2,1-2H3,(H,17,20)(H,18,19). The Labute approximate surface area is 136 Å². The SMILES string of the molecule is CCC(C)NC(=O)CCNC(=O)c1cc(Br)ccc1Br. The molecule has 0 spiro atoms. The molecule has 1 atom stereocenters. The fourth-order valence-corrected chi connectivity index (χ4v) is 2.29. The van der Waals surface area contributed by atoms with Crippen LogP contribution in [0.2, 0.25) is 0 Å². The Balaban J connectivity index is 2.44. The van der Waals surface area contributed by atoms with Gasteiger partial charge in [-0.2, -0.15) is 0 Å². The number of carbonyl (C=O) groups is 2. The molecule has 6 heteroatoms. The summed E-state index contributed by atoms with van der Waals surface area (Å²) in [6.45, 7) is 4.28. The molecule has 1 unspecified atom stereocenters. The summed E-state index contributed by atoms with van der Waals surface area (Å²) in [4.78, 5) is 23.6. The van der Waals surface area contributed by atoms with Gasteiger partial charge in [0.1, 0.15) is 0 Å². The van der Waals surface area contributed by atoms with Gasteiger partial charge >= 0.3 is 0 Å². The van der Waals surface area contributed by atoms with Gasteiger partial charge in [0.25, 0.3) is 5.91 Å². The largest absolute Gasteiger partial charge is 0.354 e. The van der Waals surface area contributed by atoms with Crippen LogP contribution in [0.4, 0.5) is 0 Å². The number of rotatable bonds is 6. The van der Waals surface area contributed by atoms with Gasteiger partial charge in [0.15, 0.2) is 0 Å². The zero-order valence-electron chi connectivity index (χ0n) is 11.5. The average molecular weight is 406 g/mol. The Morgan fingerprint density at radius 3 is 2.65 bits per heavy atom.